The summed E-state index contributed by atoms with van der Waals surface area (Å²) >= 11 is 0. The van der Waals surface area contributed by atoms with E-state index in [1.54, 1.807) is 7.11 Å². The third-order valence-corrected chi connectivity index (χ3v) is 5.01. The van der Waals surface area contributed by atoms with Gasteiger partial charge in [0.2, 0.25) is 0 Å². The number of carbonyl (C=O) groups excluding carboxylic acids is 2. The number of methoxy groups -OCH3 is 1. The van der Waals surface area contributed by atoms with E-state index in [0.717, 1.165) is 38.7 Å². The maximum atomic E-state index is 11.8. The predicted molar refractivity (Wildman–Crippen MR) is 113 cm³/mol. The van der Waals surface area contributed by atoms with Crippen molar-refractivity contribution in [1.82, 2.24) is 0 Å². The van der Waals surface area contributed by atoms with Crippen LogP contribution in [-0.2, 0) is 23.8 Å². The molecule has 0 radical (unpaired) electrons. The van der Waals surface area contributed by atoms with Gasteiger partial charge in [-0.25, -0.2) is 0 Å². The van der Waals surface area contributed by atoms with Crippen LogP contribution >= 0.6 is 0 Å². The molecule has 5 nitrogen and oxygen atoms in total. The molecule has 1 atom stereocenters. The minimum Gasteiger partial charge on any atom is -0.466 e. The average molecular weight is 401 g/mol. The van der Waals surface area contributed by atoms with Crippen molar-refractivity contribution in [2.75, 3.05) is 26.9 Å². The topological polar surface area (TPSA) is 61.8 Å². The molecule has 0 aliphatic carbocycles. The molecular formula is C23H44O5. The van der Waals surface area contributed by atoms with Gasteiger partial charge >= 0.3 is 11.9 Å². The van der Waals surface area contributed by atoms with E-state index in [2.05, 4.69) is 13.8 Å². The largest absolute Gasteiger partial charge is 0.466 e. The van der Waals surface area contributed by atoms with Gasteiger partial charge in [0.25, 0.3) is 0 Å². The van der Waals surface area contributed by atoms with Crippen molar-refractivity contribution in [2.45, 2.75) is 104 Å². The SMILES string of the molecule is CCCCCCCCOC(=O)CCCC(=O)OCCC(CCCC)CCOC. The zero-order valence-electron chi connectivity index (χ0n) is 18.6. The van der Waals surface area contributed by atoms with E-state index in [9.17, 15) is 9.59 Å². The third kappa shape index (κ3) is 18.3. The Balaban J connectivity index is 3.64. The van der Waals surface area contributed by atoms with Crippen LogP contribution in [0.1, 0.15) is 104 Å². The first-order chi connectivity index (χ1) is 13.6. The first-order valence-corrected chi connectivity index (χ1v) is 11.4. The summed E-state index contributed by atoms with van der Waals surface area (Å²) in [6, 6.07) is 0. The van der Waals surface area contributed by atoms with Gasteiger partial charge in [-0.15, -0.1) is 0 Å². The highest BCUT2D eigenvalue weighted by Crippen LogP contribution is 2.17. The molecular weight excluding hydrogens is 356 g/mol. The molecule has 0 heterocycles. The number of unbranched alkanes of at least 4 members (excludes halogenated alkanes) is 6. The minimum atomic E-state index is -0.218. The quantitative estimate of drug-likeness (QED) is 0.190. The van der Waals surface area contributed by atoms with Gasteiger partial charge in [-0.1, -0.05) is 65.2 Å². The fraction of sp³-hybridized carbons (Fsp3) is 0.913. The summed E-state index contributed by atoms with van der Waals surface area (Å²) in [6.07, 6.45) is 13.5. The van der Waals surface area contributed by atoms with Crippen molar-refractivity contribution >= 4 is 11.9 Å². The second-order valence-corrected chi connectivity index (χ2v) is 7.64. The standard InChI is InChI=1S/C23H44O5/c1-4-6-8-9-10-11-18-27-22(24)14-12-15-23(25)28-20-17-21(13-7-5-2)16-19-26-3/h21H,4-20H2,1-3H3. The average Bonchev–Trinajstić information content (AvgIpc) is 2.69. The van der Waals surface area contributed by atoms with E-state index in [4.69, 9.17) is 14.2 Å². The Hall–Kier alpha value is -1.10. The molecule has 28 heavy (non-hydrogen) atoms. The monoisotopic (exact) mass is 400 g/mol. The number of carbonyl (C=O) groups is 2. The molecule has 5 heteroatoms. The van der Waals surface area contributed by atoms with Crippen LogP contribution in [0, 0.1) is 5.92 Å². The van der Waals surface area contributed by atoms with Crippen molar-refractivity contribution in [1.29, 1.82) is 0 Å². The molecule has 0 saturated carbocycles. The third-order valence-electron chi connectivity index (χ3n) is 5.01. The number of hydrogen-bond donors (Lipinski definition) is 0. The first-order valence-electron chi connectivity index (χ1n) is 11.4. The molecule has 0 aromatic heterocycles. The number of esters is 2. The summed E-state index contributed by atoms with van der Waals surface area (Å²) in [5.41, 5.74) is 0. The van der Waals surface area contributed by atoms with E-state index in [0.29, 0.717) is 25.6 Å². The highest BCUT2D eigenvalue weighted by molar-refractivity contribution is 5.72. The molecule has 0 aliphatic heterocycles. The maximum absolute atomic E-state index is 11.8. The van der Waals surface area contributed by atoms with Crippen LogP contribution in [0.2, 0.25) is 0 Å². The van der Waals surface area contributed by atoms with Crippen molar-refractivity contribution in [3.63, 3.8) is 0 Å². The van der Waals surface area contributed by atoms with Crippen molar-refractivity contribution in [2.24, 2.45) is 5.92 Å². The molecule has 0 aliphatic rings. The number of hydrogen-bond acceptors (Lipinski definition) is 5. The van der Waals surface area contributed by atoms with E-state index in [1.165, 1.54) is 38.5 Å². The van der Waals surface area contributed by atoms with Gasteiger partial charge in [0.1, 0.15) is 0 Å². The van der Waals surface area contributed by atoms with Crippen LogP contribution in [0.5, 0.6) is 0 Å². The molecule has 166 valence electrons. The fourth-order valence-electron chi connectivity index (χ4n) is 3.14. The van der Waals surface area contributed by atoms with Gasteiger partial charge < -0.3 is 14.2 Å². The normalized spacial score (nSPS) is 12.0. The molecule has 0 bridgehead atoms. The Bertz CT molecular complexity index is 362. The molecule has 0 spiro atoms. The summed E-state index contributed by atoms with van der Waals surface area (Å²) in [7, 11) is 1.72. The molecule has 0 saturated heterocycles. The number of rotatable bonds is 20. The van der Waals surface area contributed by atoms with E-state index >= 15 is 0 Å². The second-order valence-electron chi connectivity index (χ2n) is 7.64. The van der Waals surface area contributed by atoms with E-state index < -0.39 is 0 Å². The highest BCUT2D eigenvalue weighted by Gasteiger charge is 2.11. The van der Waals surface area contributed by atoms with Crippen LogP contribution < -0.4 is 0 Å². The van der Waals surface area contributed by atoms with Crippen molar-refractivity contribution < 1.29 is 23.8 Å². The van der Waals surface area contributed by atoms with Crippen LogP contribution in [0.3, 0.4) is 0 Å². The van der Waals surface area contributed by atoms with Gasteiger partial charge in [0, 0.05) is 26.6 Å². The van der Waals surface area contributed by atoms with Crippen molar-refractivity contribution in [3.05, 3.63) is 0 Å². The summed E-state index contributed by atoms with van der Waals surface area (Å²) in [5.74, 6) is 0.120. The molecule has 0 amide bonds. The van der Waals surface area contributed by atoms with Crippen LogP contribution in [0.25, 0.3) is 0 Å². The Morgan fingerprint density at radius 2 is 1.21 bits per heavy atom. The second kappa shape index (κ2) is 20.6. The molecule has 0 rings (SSSR count). The minimum absolute atomic E-state index is 0.208. The summed E-state index contributed by atoms with van der Waals surface area (Å²) in [6.45, 7) is 6.09. The van der Waals surface area contributed by atoms with Gasteiger partial charge in [-0.3, -0.25) is 9.59 Å². The Labute approximate surface area is 172 Å². The molecule has 0 aromatic carbocycles. The lowest BCUT2D eigenvalue weighted by molar-refractivity contribution is -0.145. The van der Waals surface area contributed by atoms with Gasteiger partial charge in [0.05, 0.1) is 13.2 Å². The fourth-order valence-corrected chi connectivity index (χ4v) is 3.14. The lowest BCUT2D eigenvalue weighted by Crippen LogP contribution is -2.12. The number of ether oxygens (including phenoxy) is 3. The summed E-state index contributed by atoms with van der Waals surface area (Å²) in [4.78, 5) is 23.5. The molecule has 0 aromatic rings. The van der Waals surface area contributed by atoms with Crippen LogP contribution in [-0.4, -0.2) is 38.9 Å². The lowest BCUT2D eigenvalue weighted by Gasteiger charge is -2.16. The first kappa shape index (κ1) is 26.9. The molecule has 1 unspecified atom stereocenters. The smallest absolute Gasteiger partial charge is 0.305 e. The van der Waals surface area contributed by atoms with Gasteiger partial charge in [-0.2, -0.15) is 0 Å². The van der Waals surface area contributed by atoms with Gasteiger partial charge in [0.15, 0.2) is 0 Å². The lowest BCUT2D eigenvalue weighted by atomic mass is 9.96. The zero-order chi connectivity index (χ0) is 20.9. The maximum Gasteiger partial charge on any atom is 0.305 e. The summed E-state index contributed by atoms with van der Waals surface area (Å²) in [5, 5.41) is 0. The van der Waals surface area contributed by atoms with E-state index in [-0.39, 0.29) is 24.8 Å². The Morgan fingerprint density at radius 3 is 1.86 bits per heavy atom. The van der Waals surface area contributed by atoms with E-state index in [1.807, 2.05) is 0 Å². The molecule has 0 fully saturated rings. The van der Waals surface area contributed by atoms with Gasteiger partial charge in [-0.05, 0) is 31.6 Å². The van der Waals surface area contributed by atoms with Crippen LogP contribution in [0.15, 0.2) is 0 Å². The highest BCUT2D eigenvalue weighted by atomic mass is 16.5. The Kier molecular flexibility index (Phi) is 19.8. The summed E-state index contributed by atoms with van der Waals surface area (Å²) < 4.78 is 15.7. The predicted octanol–water partition coefficient (Wildman–Crippen LogP) is 5.84. The Morgan fingerprint density at radius 1 is 0.643 bits per heavy atom. The molecule has 0 N–H and O–H groups in total. The van der Waals surface area contributed by atoms with Crippen LogP contribution in [0.4, 0.5) is 0 Å². The van der Waals surface area contributed by atoms with Crippen molar-refractivity contribution in [3.8, 4) is 0 Å². The zero-order valence-corrected chi connectivity index (χ0v) is 18.6.